The van der Waals surface area contributed by atoms with E-state index in [0.29, 0.717) is 10.9 Å². The summed E-state index contributed by atoms with van der Waals surface area (Å²) in [4.78, 5) is 28.1. The predicted octanol–water partition coefficient (Wildman–Crippen LogP) is 0.621. The number of carbonyl (C=O) groups is 1. The highest BCUT2D eigenvalue weighted by Crippen LogP contribution is 2.05. The van der Waals surface area contributed by atoms with E-state index < -0.39 is 11.5 Å². The molecule has 0 atom stereocenters. The van der Waals surface area contributed by atoms with Crippen LogP contribution < -0.4 is 5.56 Å². The van der Waals surface area contributed by atoms with E-state index >= 15 is 0 Å². The number of carboxylic acid groups (broad SMARTS) is 1. The second-order valence-corrected chi connectivity index (χ2v) is 2.75. The third-order valence-electron chi connectivity index (χ3n) is 1.84. The van der Waals surface area contributed by atoms with E-state index in [4.69, 9.17) is 5.11 Å². The molecule has 14 heavy (non-hydrogen) atoms. The molecule has 0 aliphatic carbocycles. The summed E-state index contributed by atoms with van der Waals surface area (Å²) in [5.74, 6) is -1.17. The Bertz CT molecular complexity index is 559. The van der Waals surface area contributed by atoms with Crippen LogP contribution in [0, 0.1) is 0 Å². The van der Waals surface area contributed by atoms with E-state index in [0.717, 1.165) is 0 Å². The first-order valence-electron chi connectivity index (χ1n) is 3.90. The van der Waals surface area contributed by atoms with Gasteiger partial charge < -0.3 is 10.1 Å². The molecule has 0 unspecified atom stereocenters. The molecule has 0 radical (unpaired) electrons. The van der Waals surface area contributed by atoms with Crippen molar-refractivity contribution in [2.24, 2.45) is 0 Å². The molecule has 0 bridgehead atoms. The number of hydrogen-bond donors (Lipinski definition) is 2. The van der Waals surface area contributed by atoms with Crippen LogP contribution in [0.4, 0.5) is 0 Å². The molecular formula is C9H6N2O3. The van der Waals surface area contributed by atoms with Gasteiger partial charge in [-0.25, -0.2) is 4.79 Å². The van der Waals surface area contributed by atoms with Gasteiger partial charge in [0, 0.05) is 6.20 Å². The van der Waals surface area contributed by atoms with E-state index in [2.05, 4.69) is 9.97 Å². The van der Waals surface area contributed by atoms with Crippen LogP contribution in [0.25, 0.3) is 10.9 Å². The largest absolute Gasteiger partial charge is 0.477 e. The summed E-state index contributed by atoms with van der Waals surface area (Å²) >= 11 is 0. The van der Waals surface area contributed by atoms with E-state index in [-0.39, 0.29) is 5.69 Å². The van der Waals surface area contributed by atoms with E-state index in [9.17, 15) is 9.59 Å². The number of aromatic carboxylic acids is 1. The first-order chi connectivity index (χ1) is 6.68. The van der Waals surface area contributed by atoms with E-state index in [1.807, 2.05) is 0 Å². The van der Waals surface area contributed by atoms with Crippen LogP contribution in [0.1, 0.15) is 10.5 Å². The Kier molecular flexibility index (Phi) is 1.78. The molecule has 5 heteroatoms. The van der Waals surface area contributed by atoms with Gasteiger partial charge in [0.25, 0.3) is 5.56 Å². The summed E-state index contributed by atoms with van der Waals surface area (Å²) in [5.41, 5.74) is -0.206. The van der Waals surface area contributed by atoms with Crippen LogP contribution in [0.15, 0.2) is 29.2 Å². The van der Waals surface area contributed by atoms with Gasteiger partial charge in [-0.1, -0.05) is 0 Å². The number of aromatic nitrogens is 2. The third-order valence-corrected chi connectivity index (χ3v) is 1.84. The number of pyridine rings is 2. The number of rotatable bonds is 1. The normalized spacial score (nSPS) is 10.3. The van der Waals surface area contributed by atoms with Gasteiger partial charge in [-0.15, -0.1) is 0 Å². The Labute approximate surface area is 78.0 Å². The number of aromatic amines is 1. The molecule has 5 nitrogen and oxygen atoms in total. The Hall–Kier alpha value is -2.17. The quantitative estimate of drug-likeness (QED) is 0.690. The number of H-pyrrole nitrogens is 1. The monoisotopic (exact) mass is 190 g/mol. The molecule has 2 N–H and O–H groups in total. The van der Waals surface area contributed by atoms with E-state index in [1.165, 1.54) is 12.3 Å². The number of carboxylic acids is 1. The maximum Gasteiger partial charge on any atom is 0.352 e. The van der Waals surface area contributed by atoms with Crippen molar-refractivity contribution in [1.29, 1.82) is 0 Å². The summed E-state index contributed by atoms with van der Waals surface area (Å²) in [7, 11) is 0. The highest BCUT2D eigenvalue weighted by Gasteiger charge is 2.07. The lowest BCUT2D eigenvalue weighted by Gasteiger charge is -1.97. The minimum Gasteiger partial charge on any atom is -0.477 e. The van der Waals surface area contributed by atoms with Crippen molar-refractivity contribution in [1.82, 2.24) is 9.97 Å². The van der Waals surface area contributed by atoms with Crippen LogP contribution in [-0.2, 0) is 0 Å². The number of nitrogens with one attached hydrogen (secondary N) is 1. The zero-order chi connectivity index (χ0) is 10.1. The van der Waals surface area contributed by atoms with Gasteiger partial charge in [0.15, 0.2) is 0 Å². The summed E-state index contributed by atoms with van der Waals surface area (Å²) in [6.45, 7) is 0. The van der Waals surface area contributed by atoms with Crippen LogP contribution in [0.2, 0.25) is 0 Å². The topological polar surface area (TPSA) is 83.0 Å². The molecule has 0 fully saturated rings. The molecule has 0 aliphatic rings. The van der Waals surface area contributed by atoms with Gasteiger partial charge in [0.05, 0.1) is 10.9 Å². The second-order valence-electron chi connectivity index (χ2n) is 2.75. The fourth-order valence-corrected chi connectivity index (χ4v) is 1.20. The zero-order valence-electron chi connectivity index (χ0n) is 7.02. The Morgan fingerprint density at radius 3 is 3.00 bits per heavy atom. The lowest BCUT2D eigenvalue weighted by atomic mass is 10.2. The second kappa shape index (κ2) is 2.95. The number of hydrogen-bond acceptors (Lipinski definition) is 3. The van der Waals surface area contributed by atoms with Gasteiger partial charge in [0.1, 0.15) is 5.69 Å². The molecule has 2 rings (SSSR count). The zero-order valence-corrected chi connectivity index (χ0v) is 7.02. The van der Waals surface area contributed by atoms with Crippen molar-refractivity contribution in [3.8, 4) is 0 Å². The SMILES string of the molecule is O=C(O)c1cc2ncccc2c(=O)[nH]1. The molecule has 0 spiro atoms. The van der Waals surface area contributed by atoms with E-state index in [1.54, 1.807) is 12.1 Å². The van der Waals surface area contributed by atoms with Crippen molar-refractivity contribution in [2.45, 2.75) is 0 Å². The summed E-state index contributed by atoms with van der Waals surface area (Å²) in [5, 5.41) is 9.06. The van der Waals surface area contributed by atoms with Crippen LogP contribution >= 0.6 is 0 Å². The lowest BCUT2D eigenvalue weighted by Crippen LogP contribution is -2.13. The lowest BCUT2D eigenvalue weighted by molar-refractivity contribution is 0.0690. The minimum atomic E-state index is -1.17. The van der Waals surface area contributed by atoms with Gasteiger partial charge in [-0.05, 0) is 18.2 Å². The van der Waals surface area contributed by atoms with Crippen molar-refractivity contribution in [3.63, 3.8) is 0 Å². The van der Waals surface area contributed by atoms with Crippen LogP contribution in [-0.4, -0.2) is 21.0 Å². The fourth-order valence-electron chi connectivity index (χ4n) is 1.20. The number of fused-ring (bicyclic) bond motifs is 1. The minimum absolute atomic E-state index is 0.152. The van der Waals surface area contributed by atoms with Crippen LogP contribution in [0.3, 0.4) is 0 Å². The fraction of sp³-hybridized carbons (Fsp3) is 0. The van der Waals surface area contributed by atoms with Gasteiger partial charge in [0.2, 0.25) is 0 Å². The summed E-state index contributed by atoms with van der Waals surface area (Å²) < 4.78 is 0. The summed E-state index contributed by atoms with van der Waals surface area (Å²) in [6, 6.07) is 4.55. The van der Waals surface area contributed by atoms with Crippen LogP contribution in [0.5, 0.6) is 0 Å². The van der Waals surface area contributed by atoms with Crippen molar-refractivity contribution in [2.75, 3.05) is 0 Å². The first kappa shape index (κ1) is 8.43. The molecule has 2 heterocycles. The highest BCUT2D eigenvalue weighted by molar-refractivity contribution is 5.90. The molecular weight excluding hydrogens is 184 g/mol. The average Bonchev–Trinajstić information content (AvgIpc) is 2.17. The molecule has 2 aromatic rings. The average molecular weight is 190 g/mol. The maximum atomic E-state index is 11.3. The molecule has 0 aliphatic heterocycles. The molecule has 0 aromatic carbocycles. The highest BCUT2D eigenvalue weighted by atomic mass is 16.4. The van der Waals surface area contributed by atoms with Gasteiger partial charge >= 0.3 is 5.97 Å². The van der Waals surface area contributed by atoms with Crippen molar-refractivity contribution < 1.29 is 9.90 Å². The summed E-state index contributed by atoms with van der Waals surface area (Å²) in [6.07, 6.45) is 1.51. The Morgan fingerprint density at radius 1 is 1.50 bits per heavy atom. The van der Waals surface area contributed by atoms with Gasteiger partial charge in [-0.2, -0.15) is 0 Å². The standard InChI is InChI=1S/C9H6N2O3/c12-8-5-2-1-3-10-6(5)4-7(11-8)9(13)14/h1-4H,(H,11,12)(H,13,14). The first-order valence-corrected chi connectivity index (χ1v) is 3.90. The molecule has 0 saturated carbocycles. The van der Waals surface area contributed by atoms with Crippen molar-refractivity contribution in [3.05, 3.63) is 40.4 Å². The van der Waals surface area contributed by atoms with Gasteiger partial charge in [-0.3, -0.25) is 9.78 Å². The predicted molar refractivity (Wildman–Crippen MR) is 49.3 cm³/mol. The molecule has 0 saturated heterocycles. The molecule has 0 amide bonds. The molecule has 2 aromatic heterocycles. The van der Waals surface area contributed by atoms with Crippen molar-refractivity contribution >= 4 is 16.9 Å². The number of nitrogens with zero attached hydrogens (tertiary/aromatic N) is 1. The molecule has 70 valence electrons. The Balaban J connectivity index is 2.86. The third kappa shape index (κ3) is 1.24. The smallest absolute Gasteiger partial charge is 0.352 e. The Morgan fingerprint density at radius 2 is 2.29 bits per heavy atom. The maximum absolute atomic E-state index is 11.3.